The summed E-state index contributed by atoms with van der Waals surface area (Å²) in [4.78, 5) is 54.8. The van der Waals surface area contributed by atoms with E-state index in [1.807, 2.05) is 68.4 Å². The molecule has 0 aliphatic carbocycles. The summed E-state index contributed by atoms with van der Waals surface area (Å²) in [6.07, 6.45) is 30.8. The number of guanidine groups is 1. The maximum atomic E-state index is 12.3. The van der Waals surface area contributed by atoms with Crippen LogP contribution in [0.25, 0.3) is 0 Å². The third-order valence-electron chi connectivity index (χ3n) is 21.4. The quantitative estimate of drug-likeness (QED) is 0.00729. The van der Waals surface area contributed by atoms with Crippen molar-refractivity contribution in [1.29, 1.82) is 5.41 Å². The minimum absolute atomic E-state index is 0. The number of aliphatic hydroxyl groups is 3. The number of nitrogens with one attached hydrogen (secondary N) is 4. The number of halogens is 3. The molecule has 134 heavy (non-hydrogen) atoms. The van der Waals surface area contributed by atoms with E-state index in [0.717, 1.165) is 212 Å². The number of hydrogen-bond donors (Lipinski definition) is 15. The van der Waals surface area contributed by atoms with Gasteiger partial charge in [0.15, 0.2) is 56.1 Å². The number of hydrogen-bond acceptors (Lipinski definition) is 27. The van der Waals surface area contributed by atoms with Gasteiger partial charge in [-0.15, -0.1) is 24.0 Å². The second-order valence-corrected chi connectivity index (χ2v) is 33.1. The van der Waals surface area contributed by atoms with Crippen molar-refractivity contribution < 1.29 is 69.9 Å². The summed E-state index contributed by atoms with van der Waals surface area (Å²) in [6.45, 7) is 10.5. The van der Waals surface area contributed by atoms with Crippen molar-refractivity contribution in [3.8, 4) is 11.5 Å². The molecular weight excluding hydrogens is 1940 g/mol. The van der Waals surface area contributed by atoms with Crippen LogP contribution in [0.4, 0.5) is 28.1 Å². The standard InChI is InChI=1S/C34H45NO3.C31H42ClN7O3.C25H37NO2.C7H9ClN6OS.HI.3O2S/c1-3-31-25-32(23-18-27(31)2)33(36)17-10-5-4-7-13-28-19-21-29(22-20-28)14-11-12-24-35-34(37)38-26-30-15-8-6-9-16-30;1-2-22-19-23(16-17-25(22)41)24(40)11-6-4-3-5-9-20-12-14-21(15-13-20)10-7-8-18-36-31(35)39-30(42)26-28(33)38-29(34)27(32)37-26;1-2-22-19-23(16-17-25(22)28)24(27)11-6-4-3-5-9-20-12-14-21(15-13-20)10-7-8-18-26;1-16-7(11)14-6(15)2-4(9)13-5(10)3(8)12-2;;3*1-3-2/h6,8-9,15-16,18-23,25,33,36H,3-5,7,10-14,17,24,26H2,1-2H3,(H,35,37);12-17,19,24,40-41H,2-11,18H2,1H3,(H4,33,34,38)(H3,35,36,39,42);12-17,19,24,27-28H,2-11,18,26H2,1H3;1H3,(H4,9,10,13)(H2,11,14,15);1H;;;/t33-;2*24-;;;;;/m000...../s1. The van der Waals surface area contributed by atoms with E-state index in [0.29, 0.717) is 31.2 Å². The van der Waals surface area contributed by atoms with E-state index in [1.165, 1.54) is 76.6 Å². The first-order valence-electron chi connectivity index (χ1n) is 44.7. The molecule has 0 fully saturated rings. The highest BCUT2D eigenvalue weighted by molar-refractivity contribution is 14.0. The summed E-state index contributed by atoms with van der Waals surface area (Å²) in [5.41, 5.74) is 49.5. The molecule has 3 amide bonds. The monoisotopic (exact) mass is 2070 g/mol. The molecule has 3 atom stereocenters. The number of aryl methyl sites for hydroxylation is 10. The van der Waals surface area contributed by atoms with Crippen molar-refractivity contribution in [3.05, 3.63) is 257 Å². The zero-order valence-electron chi connectivity index (χ0n) is 77.1. The van der Waals surface area contributed by atoms with Gasteiger partial charge < -0.3 is 75.3 Å². The molecule has 7 aromatic carbocycles. The van der Waals surface area contributed by atoms with Gasteiger partial charge in [-0.1, -0.05) is 247 Å². The number of aliphatic imine (C=N–C) groups is 1. The summed E-state index contributed by atoms with van der Waals surface area (Å²) in [7, 11) is 0. The molecule has 0 aliphatic heterocycles. The van der Waals surface area contributed by atoms with Gasteiger partial charge in [-0.25, -0.2) is 24.7 Å². The highest BCUT2D eigenvalue weighted by Crippen LogP contribution is 2.30. The van der Waals surface area contributed by atoms with Crippen LogP contribution < -0.4 is 50.4 Å². The van der Waals surface area contributed by atoms with E-state index in [4.69, 9.17) is 93.0 Å². The number of amidine groups is 1. The summed E-state index contributed by atoms with van der Waals surface area (Å²) in [6, 6.07) is 53.7. The maximum Gasteiger partial charge on any atom is 0.407 e. The molecule has 0 bridgehead atoms. The van der Waals surface area contributed by atoms with Gasteiger partial charge in [0.25, 0.3) is 11.8 Å². The number of alkyl carbamates (subject to hydrolysis) is 1. The largest absolute Gasteiger partial charge is 0.508 e. The molecule has 0 saturated carbocycles. The first kappa shape index (κ1) is 120. The zero-order chi connectivity index (χ0) is 98.1. The summed E-state index contributed by atoms with van der Waals surface area (Å²) in [5, 5.41) is 65.5. The van der Waals surface area contributed by atoms with Gasteiger partial charge in [0.05, 0.1) is 18.3 Å². The normalized spacial score (nSPS) is 11.2. The number of phenols is 2. The highest BCUT2D eigenvalue weighted by Gasteiger charge is 2.20. The first-order valence-corrected chi connectivity index (χ1v) is 48.7. The van der Waals surface area contributed by atoms with E-state index in [2.05, 4.69) is 146 Å². The fourth-order valence-corrected chi connectivity index (χ4v) is 14.3. The molecule has 37 heteroatoms. The van der Waals surface area contributed by atoms with Crippen LogP contribution in [-0.2, 0) is 104 Å². The van der Waals surface area contributed by atoms with Crippen LogP contribution >= 0.6 is 58.9 Å². The van der Waals surface area contributed by atoms with Crippen molar-refractivity contribution in [2.24, 2.45) is 16.5 Å². The minimum Gasteiger partial charge on any atom is -0.508 e. The second-order valence-electron chi connectivity index (χ2n) is 31.2. The number of nitrogens with two attached hydrogens (primary N) is 6. The summed E-state index contributed by atoms with van der Waals surface area (Å²) in [5.74, 6) is -1.09. The molecule has 9 rings (SSSR count). The van der Waals surface area contributed by atoms with Gasteiger partial charge in [0.1, 0.15) is 18.1 Å². The number of aromatic nitrogens is 4. The van der Waals surface area contributed by atoms with Gasteiger partial charge in [-0.2, -0.15) is 25.3 Å². The van der Waals surface area contributed by atoms with Crippen molar-refractivity contribution in [3.63, 3.8) is 0 Å². The predicted octanol–water partition coefficient (Wildman–Crippen LogP) is 17.3. The number of unbranched alkanes of at least 4 members (excludes halogenated alkanes) is 12. The van der Waals surface area contributed by atoms with Crippen molar-refractivity contribution in [2.45, 2.75) is 245 Å². The van der Waals surface area contributed by atoms with Crippen LogP contribution in [0.5, 0.6) is 11.5 Å². The fraction of sp³-hybridized carbons (Fsp3) is 0.433. The molecule has 9 aromatic rings. The van der Waals surface area contributed by atoms with Crippen LogP contribution in [-0.4, -0.2) is 126 Å². The second kappa shape index (κ2) is 72.3. The molecule has 2 heterocycles. The lowest BCUT2D eigenvalue weighted by molar-refractivity contribution is 0.0964. The average Bonchev–Trinajstić information content (AvgIpc) is 0.796. The molecular formula is C97H134Cl2IN15O15S4. The summed E-state index contributed by atoms with van der Waals surface area (Å²) < 4.78 is 55.0. The van der Waals surface area contributed by atoms with Gasteiger partial charge in [0, 0.05) is 13.1 Å². The average molecular weight is 2080 g/mol. The predicted molar refractivity (Wildman–Crippen MR) is 549 cm³/mol. The van der Waals surface area contributed by atoms with E-state index in [-0.39, 0.29) is 92.3 Å². The molecule has 0 aliphatic rings. The van der Waals surface area contributed by atoms with Gasteiger partial charge in [-0.3, -0.25) is 25.3 Å². The van der Waals surface area contributed by atoms with E-state index in [1.54, 1.807) is 18.4 Å². The van der Waals surface area contributed by atoms with Crippen LogP contribution in [0.15, 0.2) is 163 Å². The lowest BCUT2D eigenvalue weighted by Gasteiger charge is -2.13. The molecule has 0 spiro atoms. The van der Waals surface area contributed by atoms with E-state index in [9.17, 15) is 39.9 Å². The smallest absolute Gasteiger partial charge is 0.407 e. The number of anilines is 4. The molecule has 0 radical (unpaired) electrons. The topological polar surface area (TPSA) is 544 Å². The Bertz CT molecular complexity index is 5040. The van der Waals surface area contributed by atoms with Crippen molar-refractivity contribution in [2.75, 3.05) is 48.8 Å². The third-order valence-corrected chi connectivity index (χ3v) is 22.5. The van der Waals surface area contributed by atoms with Gasteiger partial charge in [-0.05, 0) is 257 Å². The van der Waals surface area contributed by atoms with Crippen molar-refractivity contribution in [1.82, 2.24) is 35.9 Å². The van der Waals surface area contributed by atoms with Crippen LogP contribution in [0.1, 0.15) is 273 Å². The van der Waals surface area contributed by atoms with Crippen LogP contribution in [0, 0.1) is 12.3 Å². The van der Waals surface area contributed by atoms with Gasteiger partial charge in [0.2, 0.25) is 0 Å². The SMILES string of the molecule is CCc1cc([C@@H](O)CCCCCCc2ccc(CCCCN)cc2)ccc1O.CCc1cc([C@@H](O)CCCCCCc2ccc(CCCCN=C(N)NC(=O)c3nc(Cl)c(N)nc3N)cc2)ccc1O.CCc1cc([C@@H](O)CCCCCCc2ccc(CCCCNC(=O)OCc3ccccc3)cc2)ccc1C.CSC(=N)NC(=O)c1nc(Cl)c(N)nc1N.I.O=S=O.O=S=O.O=S=O. The number of carbonyl (C=O) groups is 3. The Morgan fingerprint density at radius 1 is 0.448 bits per heavy atom. The molecule has 21 N–H and O–H groups in total. The summed E-state index contributed by atoms with van der Waals surface area (Å²) >= 11 is 10.2. The number of thioether (sulfide) groups is 1. The number of benzene rings is 7. The van der Waals surface area contributed by atoms with Crippen LogP contribution in [0.2, 0.25) is 10.3 Å². The number of rotatable bonds is 45. The maximum absolute atomic E-state index is 12.3. The Hall–Kier alpha value is -10.2. The molecule has 0 saturated heterocycles. The zero-order valence-corrected chi connectivity index (χ0v) is 84.2. The Labute approximate surface area is 830 Å². The number of amides is 3. The van der Waals surface area contributed by atoms with Crippen LogP contribution in [0.3, 0.4) is 0 Å². The number of phenolic OH excluding ortho intramolecular Hbond substituents is 2. The number of nitrogens with zero attached hydrogens (tertiary/aromatic N) is 5. The Kier molecular flexibility index (Phi) is 64.6. The van der Waals surface area contributed by atoms with Crippen molar-refractivity contribution >= 4 is 146 Å². The molecule has 2 aromatic heterocycles. The Morgan fingerprint density at radius 2 is 0.784 bits per heavy atom. The Balaban J connectivity index is 0.000000607. The number of ether oxygens (including phenoxy) is 1. The molecule has 30 nitrogen and oxygen atoms in total. The molecule has 0 unspecified atom stereocenters. The Morgan fingerprint density at radius 3 is 1.15 bits per heavy atom. The third kappa shape index (κ3) is 50.4. The number of carbonyl (C=O) groups excluding carboxylic acids is 3. The van der Waals surface area contributed by atoms with E-state index < -0.39 is 58.7 Å². The highest BCUT2D eigenvalue weighted by atomic mass is 127. The van der Waals surface area contributed by atoms with Gasteiger partial charge >= 0.3 is 40.8 Å². The van der Waals surface area contributed by atoms with E-state index >= 15 is 0 Å². The minimum atomic E-state index is -0.750. The first-order chi connectivity index (χ1) is 64.0. The number of aliphatic hydroxyl groups excluding tert-OH is 3. The number of nitrogen functional groups attached to an aromatic ring is 4. The lowest BCUT2D eigenvalue weighted by Crippen LogP contribution is -2.38. The number of aromatic hydroxyl groups is 2. The fourth-order valence-electron chi connectivity index (χ4n) is 13.8. The molecule has 732 valence electrons. The lowest BCUT2D eigenvalue weighted by atomic mass is 9.97.